The summed E-state index contributed by atoms with van der Waals surface area (Å²) >= 11 is 4.92. The van der Waals surface area contributed by atoms with Crippen LogP contribution in [0.1, 0.15) is 31.2 Å². The molecular weight excluding hydrogens is 284 g/mol. The van der Waals surface area contributed by atoms with Crippen LogP contribution in [0.15, 0.2) is 24.3 Å². The van der Waals surface area contributed by atoms with Gasteiger partial charge in [0.1, 0.15) is 17.3 Å². The van der Waals surface area contributed by atoms with Gasteiger partial charge in [0.15, 0.2) is 0 Å². The molecule has 2 rings (SSSR count). The van der Waals surface area contributed by atoms with Crippen molar-refractivity contribution in [3.05, 3.63) is 29.8 Å². The number of nitrogens with two attached hydrogens (primary N) is 1. The Morgan fingerprint density at radius 1 is 1.29 bits per heavy atom. The fourth-order valence-corrected chi connectivity index (χ4v) is 2.87. The minimum Gasteiger partial charge on any atom is -0.492 e. The normalized spacial score (nSPS) is 20.0. The maximum absolute atomic E-state index is 9.48. The lowest BCUT2D eigenvalue weighted by Gasteiger charge is -2.28. The first-order valence-electron chi connectivity index (χ1n) is 7.58. The van der Waals surface area contributed by atoms with E-state index in [0.717, 1.165) is 30.8 Å². The first kappa shape index (κ1) is 16.2. The summed E-state index contributed by atoms with van der Waals surface area (Å²) in [6.45, 7) is 2.77. The van der Waals surface area contributed by atoms with Crippen molar-refractivity contribution in [3.8, 4) is 5.75 Å². The van der Waals surface area contributed by atoms with E-state index in [0.29, 0.717) is 11.6 Å². The van der Waals surface area contributed by atoms with E-state index >= 15 is 0 Å². The first-order valence-corrected chi connectivity index (χ1v) is 7.99. The number of nitrogens with zero attached hydrogens (tertiary/aromatic N) is 1. The molecule has 0 bridgehead atoms. The van der Waals surface area contributed by atoms with Gasteiger partial charge >= 0.3 is 0 Å². The molecule has 5 heteroatoms. The number of thiocarbonyl (C=S) groups is 1. The van der Waals surface area contributed by atoms with E-state index in [1.165, 1.54) is 19.3 Å². The van der Waals surface area contributed by atoms with Crippen LogP contribution in [-0.2, 0) is 0 Å². The molecule has 1 aliphatic heterocycles. The highest BCUT2D eigenvalue weighted by Crippen LogP contribution is 2.17. The minimum absolute atomic E-state index is 0.239. The Morgan fingerprint density at radius 2 is 2.05 bits per heavy atom. The number of likely N-dealkylation sites (tertiary alicyclic amines) is 1. The Morgan fingerprint density at radius 3 is 2.71 bits per heavy atom. The summed E-state index contributed by atoms with van der Waals surface area (Å²) in [6, 6.07) is 7.81. The molecular formula is C16H24N2O2S. The number of ether oxygens (including phenoxy) is 1. The highest BCUT2D eigenvalue weighted by Gasteiger charge is 2.19. The Kier molecular flexibility index (Phi) is 6.42. The van der Waals surface area contributed by atoms with Crippen LogP contribution in [-0.4, -0.2) is 47.3 Å². The van der Waals surface area contributed by atoms with E-state index < -0.39 is 0 Å². The number of aliphatic hydroxyl groups is 1. The van der Waals surface area contributed by atoms with Gasteiger partial charge in [-0.15, -0.1) is 0 Å². The monoisotopic (exact) mass is 308 g/mol. The summed E-state index contributed by atoms with van der Waals surface area (Å²) in [5, 5.41) is 9.48. The number of aliphatic hydroxyl groups excluding tert-OH is 1. The molecule has 1 unspecified atom stereocenters. The topological polar surface area (TPSA) is 58.7 Å². The molecule has 0 aromatic heterocycles. The van der Waals surface area contributed by atoms with Gasteiger partial charge in [-0.2, -0.15) is 0 Å². The quantitative estimate of drug-likeness (QED) is 0.787. The molecule has 1 aliphatic rings. The molecule has 0 saturated carbocycles. The average molecular weight is 308 g/mol. The zero-order valence-corrected chi connectivity index (χ0v) is 13.1. The fourth-order valence-electron chi connectivity index (χ4n) is 2.73. The van der Waals surface area contributed by atoms with Gasteiger partial charge in [-0.05, 0) is 43.7 Å². The largest absolute Gasteiger partial charge is 0.492 e. The maximum atomic E-state index is 9.48. The number of hydrogen-bond acceptors (Lipinski definition) is 4. The second-order valence-electron chi connectivity index (χ2n) is 5.46. The van der Waals surface area contributed by atoms with Crippen molar-refractivity contribution in [2.24, 2.45) is 5.73 Å². The molecule has 4 nitrogen and oxygen atoms in total. The van der Waals surface area contributed by atoms with Crippen LogP contribution in [0, 0.1) is 0 Å². The third-order valence-corrected chi connectivity index (χ3v) is 4.23. The van der Waals surface area contributed by atoms with Crippen molar-refractivity contribution in [2.45, 2.75) is 31.7 Å². The third kappa shape index (κ3) is 4.95. The second kappa shape index (κ2) is 8.32. The number of rotatable bonds is 6. The molecule has 0 amide bonds. The maximum Gasteiger partial charge on any atom is 0.119 e. The van der Waals surface area contributed by atoms with E-state index in [2.05, 4.69) is 4.90 Å². The van der Waals surface area contributed by atoms with Gasteiger partial charge in [0, 0.05) is 18.2 Å². The molecule has 0 spiro atoms. The smallest absolute Gasteiger partial charge is 0.119 e. The molecule has 0 radical (unpaired) electrons. The zero-order valence-electron chi connectivity index (χ0n) is 12.3. The molecule has 1 saturated heterocycles. The minimum atomic E-state index is 0.239. The number of hydrogen-bond donors (Lipinski definition) is 2. The highest BCUT2D eigenvalue weighted by molar-refractivity contribution is 7.80. The Bertz CT molecular complexity index is 450. The summed E-state index contributed by atoms with van der Waals surface area (Å²) in [6.07, 6.45) is 4.76. The second-order valence-corrected chi connectivity index (χ2v) is 5.90. The summed E-state index contributed by atoms with van der Waals surface area (Å²) in [5.41, 5.74) is 6.42. The van der Waals surface area contributed by atoms with Crippen molar-refractivity contribution in [1.82, 2.24) is 4.90 Å². The Labute approximate surface area is 131 Å². The van der Waals surface area contributed by atoms with Gasteiger partial charge in [-0.1, -0.05) is 25.1 Å². The van der Waals surface area contributed by atoms with Crippen molar-refractivity contribution in [2.75, 3.05) is 26.3 Å². The molecule has 1 aromatic rings. The van der Waals surface area contributed by atoms with Crippen LogP contribution < -0.4 is 10.5 Å². The lowest BCUT2D eigenvalue weighted by Crippen LogP contribution is -2.40. The Balaban J connectivity index is 1.81. The molecule has 3 N–H and O–H groups in total. The van der Waals surface area contributed by atoms with Gasteiger partial charge in [0.05, 0.1) is 6.61 Å². The molecule has 1 aromatic carbocycles. The summed E-state index contributed by atoms with van der Waals surface area (Å²) < 4.78 is 5.77. The van der Waals surface area contributed by atoms with Crippen LogP contribution in [0.25, 0.3) is 0 Å². The van der Waals surface area contributed by atoms with Gasteiger partial charge in [0.25, 0.3) is 0 Å². The Hall–Kier alpha value is -1.17. The SMILES string of the molecule is NC(=S)c1ccc(OCCN2CCCCCC2CO)cc1. The molecule has 21 heavy (non-hydrogen) atoms. The van der Waals surface area contributed by atoms with Crippen molar-refractivity contribution in [3.63, 3.8) is 0 Å². The van der Waals surface area contributed by atoms with Crippen LogP contribution in [0.5, 0.6) is 5.75 Å². The summed E-state index contributed by atoms with van der Waals surface area (Å²) in [7, 11) is 0. The highest BCUT2D eigenvalue weighted by atomic mass is 32.1. The predicted molar refractivity (Wildman–Crippen MR) is 88.7 cm³/mol. The fraction of sp³-hybridized carbons (Fsp3) is 0.562. The molecule has 1 heterocycles. The van der Waals surface area contributed by atoms with E-state index in [1.807, 2.05) is 24.3 Å². The van der Waals surface area contributed by atoms with Crippen LogP contribution in [0.2, 0.25) is 0 Å². The van der Waals surface area contributed by atoms with E-state index in [4.69, 9.17) is 22.7 Å². The summed E-state index contributed by atoms with van der Waals surface area (Å²) in [4.78, 5) is 2.74. The molecule has 116 valence electrons. The van der Waals surface area contributed by atoms with Crippen LogP contribution in [0.3, 0.4) is 0 Å². The van der Waals surface area contributed by atoms with Crippen LogP contribution >= 0.6 is 12.2 Å². The van der Waals surface area contributed by atoms with Crippen molar-refractivity contribution >= 4 is 17.2 Å². The van der Waals surface area contributed by atoms with E-state index in [1.54, 1.807) is 0 Å². The molecule has 1 atom stereocenters. The van der Waals surface area contributed by atoms with Crippen molar-refractivity contribution < 1.29 is 9.84 Å². The van der Waals surface area contributed by atoms with Gasteiger partial charge < -0.3 is 15.6 Å². The van der Waals surface area contributed by atoms with E-state index in [-0.39, 0.29) is 12.6 Å². The molecule has 1 fully saturated rings. The van der Waals surface area contributed by atoms with Gasteiger partial charge in [0.2, 0.25) is 0 Å². The lowest BCUT2D eigenvalue weighted by molar-refractivity contribution is 0.108. The van der Waals surface area contributed by atoms with E-state index in [9.17, 15) is 5.11 Å². The predicted octanol–water partition coefficient (Wildman–Crippen LogP) is 1.94. The lowest BCUT2D eigenvalue weighted by atomic mass is 10.1. The van der Waals surface area contributed by atoms with Gasteiger partial charge in [-0.3, -0.25) is 4.90 Å². The van der Waals surface area contributed by atoms with Crippen molar-refractivity contribution in [1.29, 1.82) is 0 Å². The van der Waals surface area contributed by atoms with Gasteiger partial charge in [-0.25, -0.2) is 0 Å². The molecule has 0 aliphatic carbocycles. The number of benzene rings is 1. The third-order valence-electron chi connectivity index (χ3n) is 4.00. The average Bonchev–Trinajstić information content (AvgIpc) is 2.73. The summed E-state index contributed by atoms with van der Waals surface area (Å²) in [5.74, 6) is 0.824. The zero-order chi connectivity index (χ0) is 15.1. The standard InChI is InChI=1S/C16H24N2O2S/c17-16(21)13-5-7-15(8-6-13)20-11-10-18-9-3-1-2-4-14(18)12-19/h5-8,14,19H,1-4,9-12H2,(H2,17,21). The van der Waals surface area contributed by atoms with Crippen LogP contribution in [0.4, 0.5) is 0 Å². The first-order chi connectivity index (χ1) is 10.2.